The molecule has 1 aliphatic heterocycles. The van der Waals surface area contributed by atoms with Crippen molar-refractivity contribution < 1.29 is 9.59 Å². The molecule has 1 aromatic heterocycles. The van der Waals surface area contributed by atoms with Crippen LogP contribution in [0.5, 0.6) is 0 Å². The van der Waals surface area contributed by atoms with Gasteiger partial charge in [0.05, 0.1) is 6.42 Å². The van der Waals surface area contributed by atoms with E-state index in [-0.39, 0.29) is 11.8 Å². The van der Waals surface area contributed by atoms with Crippen molar-refractivity contribution >= 4 is 33.4 Å². The number of hydrogen-bond donors (Lipinski definition) is 2. The Morgan fingerprint density at radius 2 is 1.59 bits per heavy atom. The SMILES string of the molecule is CC(C)c1ccc(CNC(=O)c2cccc(CN3CCN(c4nnc(NC(=O)Cc5ccccc5)s4)CC3)c2)cc1. The minimum absolute atomic E-state index is 0.0625. The van der Waals surface area contributed by atoms with Gasteiger partial charge in [0, 0.05) is 44.8 Å². The van der Waals surface area contributed by atoms with E-state index in [9.17, 15) is 9.59 Å². The van der Waals surface area contributed by atoms with E-state index in [2.05, 4.69) is 74.8 Å². The van der Waals surface area contributed by atoms with Crippen molar-refractivity contribution in [1.82, 2.24) is 20.4 Å². The number of rotatable bonds is 10. The molecule has 9 heteroatoms. The van der Waals surface area contributed by atoms with Gasteiger partial charge < -0.3 is 15.5 Å². The standard InChI is InChI=1S/C32H36N6O2S/c1-23(2)27-13-11-25(12-14-27)21-33-30(40)28-10-6-9-26(19-28)22-37-15-17-38(18-16-37)32-36-35-31(41-32)34-29(39)20-24-7-4-3-5-8-24/h3-14,19,23H,15-18,20-22H2,1-2H3,(H,33,40)(H,34,35,39). The molecule has 0 spiro atoms. The monoisotopic (exact) mass is 568 g/mol. The molecule has 1 aliphatic rings. The third kappa shape index (κ3) is 7.99. The van der Waals surface area contributed by atoms with Crippen LogP contribution in [0.1, 0.15) is 52.4 Å². The Morgan fingerprint density at radius 3 is 2.32 bits per heavy atom. The second-order valence-electron chi connectivity index (χ2n) is 10.6. The first-order valence-electron chi connectivity index (χ1n) is 14.0. The van der Waals surface area contributed by atoms with Crippen molar-refractivity contribution in [3.05, 3.63) is 107 Å². The molecule has 1 fully saturated rings. The number of nitrogens with one attached hydrogen (secondary N) is 2. The molecule has 2 N–H and O–H groups in total. The molecule has 4 aromatic rings. The Bertz CT molecular complexity index is 1450. The number of carbonyl (C=O) groups is 2. The van der Waals surface area contributed by atoms with Crippen molar-refractivity contribution in [2.24, 2.45) is 0 Å². The third-order valence-corrected chi connectivity index (χ3v) is 8.11. The average molecular weight is 569 g/mol. The molecule has 5 rings (SSSR count). The zero-order chi connectivity index (χ0) is 28.6. The second kappa shape index (κ2) is 13.5. The molecule has 1 saturated heterocycles. The van der Waals surface area contributed by atoms with Gasteiger partial charge in [0.25, 0.3) is 5.91 Å². The van der Waals surface area contributed by atoms with Crippen molar-refractivity contribution in [3.8, 4) is 0 Å². The maximum atomic E-state index is 12.8. The van der Waals surface area contributed by atoms with Crippen LogP contribution in [0, 0.1) is 0 Å². The molecule has 0 radical (unpaired) electrons. The highest BCUT2D eigenvalue weighted by Crippen LogP contribution is 2.25. The summed E-state index contributed by atoms with van der Waals surface area (Å²) in [6.07, 6.45) is 0.309. The molecule has 41 heavy (non-hydrogen) atoms. The Kier molecular flexibility index (Phi) is 9.38. The molecule has 0 atom stereocenters. The van der Waals surface area contributed by atoms with Gasteiger partial charge in [-0.15, -0.1) is 10.2 Å². The number of benzene rings is 3. The number of amides is 2. The summed E-state index contributed by atoms with van der Waals surface area (Å²) in [7, 11) is 0. The smallest absolute Gasteiger partial charge is 0.251 e. The van der Waals surface area contributed by atoms with Crippen LogP contribution in [-0.4, -0.2) is 53.1 Å². The van der Waals surface area contributed by atoms with Crippen LogP contribution < -0.4 is 15.5 Å². The van der Waals surface area contributed by atoms with Gasteiger partial charge in [0.15, 0.2) is 0 Å². The molecular weight excluding hydrogens is 532 g/mol. The third-order valence-electron chi connectivity index (χ3n) is 7.21. The lowest BCUT2D eigenvalue weighted by Gasteiger charge is -2.34. The number of anilines is 2. The number of aromatic nitrogens is 2. The second-order valence-corrected chi connectivity index (χ2v) is 11.6. The highest BCUT2D eigenvalue weighted by Gasteiger charge is 2.21. The normalized spacial score (nSPS) is 13.8. The first kappa shape index (κ1) is 28.4. The summed E-state index contributed by atoms with van der Waals surface area (Å²) in [4.78, 5) is 29.8. The van der Waals surface area contributed by atoms with E-state index >= 15 is 0 Å². The fraction of sp³-hybridized carbons (Fsp3) is 0.312. The van der Waals surface area contributed by atoms with Crippen molar-refractivity contribution in [2.45, 2.75) is 39.3 Å². The molecular formula is C32H36N6O2S. The van der Waals surface area contributed by atoms with Gasteiger partial charge in [-0.2, -0.15) is 0 Å². The molecule has 0 saturated carbocycles. The van der Waals surface area contributed by atoms with Gasteiger partial charge in [0.1, 0.15) is 0 Å². The Morgan fingerprint density at radius 1 is 0.854 bits per heavy atom. The topological polar surface area (TPSA) is 90.5 Å². The number of carbonyl (C=O) groups excluding carboxylic acids is 2. The predicted octanol–water partition coefficient (Wildman–Crippen LogP) is 5.09. The summed E-state index contributed by atoms with van der Waals surface area (Å²) in [6, 6.07) is 25.9. The Labute approximate surface area is 245 Å². The van der Waals surface area contributed by atoms with Crippen molar-refractivity contribution in [2.75, 3.05) is 36.4 Å². The summed E-state index contributed by atoms with van der Waals surface area (Å²) in [5.41, 5.74) is 5.14. The number of piperazine rings is 1. The fourth-order valence-corrected chi connectivity index (χ4v) is 5.62. The average Bonchev–Trinajstić information content (AvgIpc) is 3.45. The Hall–Kier alpha value is -4.08. The van der Waals surface area contributed by atoms with Crippen molar-refractivity contribution in [1.29, 1.82) is 0 Å². The van der Waals surface area contributed by atoms with Gasteiger partial charge in [-0.3, -0.25) is 14.5 Å². The van der Waals surface area contributed by atoms with E-state index in [1.165, 1.54) is 16.9 Å². The van der Waals surface area contributed by atoms with Gasteiger partial charge in [-0.1, -0.05) is 91.9 Å². The zero-order valence-corrected chi connectivity index (χ0v) is 24.4. The summed E-state index contributed by atoms with van der Waals surface area (Å²) >= 11 is 1.40. The van der Waals surface area contributed by atoms with Crippen LogP contribution in [0.2, 0.25) is 0 Å². The van der Waals surface area contributed by atoms with E-state index in [1.807, 2.05) is 48.5 Å². The van der Waals surface area contributed by atoms with Crippen LogP contribution in [0.15, 0.2) is 78.9 Å². The molecule has 2 heterocycles. The quantitative estimate of drug-likeness (QED) is 0.277. The van der Waals surface area contributed by atoms with E-state index in [1.54, 1.807) is 0 Å². The minimum Gasteiger partial charge on any atom is -0.348 e. The maximum Gasteiger partial charge on any atom is 0.251 e. The first-order valence-corrected chi connectivity index (χ1v) is 14.8. The van der Waals surface area contributed by atoms with Crippen LogP contribution in [-0.2, 0) is 24.3 Å². The van der Waals surface area contributed by atoms with E-state index in [4.69, 9.17) is 0 Å². The van der Waals surface area contributed by atoms with Gasteiger partial charge >= 0.3 is 0 Å². The first-order chi connectivity index (χ1) is 19.9. The largest absolute Gasteiger partial charge is 0.348 e. The summed E-state index contributed by atoms with van der Waals surface area (Å²) < 4.78 is 0. The lowest BCUT2D eigenvalue weighted by atomic mass is 10.0. The van der Waals surface area contributed by atoms with Crippen molar-refractivity contribution in [3.63, 3.8) is 0 Å². The Balaban J connectivity index is 1.08. The molecule has 212 valence electrons. The predicted molar refractivity (Wildman–Crippen MR) is 164 cm³/mol. The minimum atomic E-state index is -0.0973. The van der Waals surface area contributed by atoms with Gasteiger partial charge in [-0.05, 0) is 40.3 Å². The summed E-state index contributed by atoms with van der Waals surface area (Å²) in [6.45, 7) is 9.03. The fourth-order valence-electron chi connectivity index (χ4n) is 4.81. The van der Waals surface area contributed by atoms with Crippen LogP contribution in [0.4, 0.5) is 10.3 Å². The van der Waals surface area contributed by atoms with Gasteiger partial charge in [0.2, 0.25) is 16.2 Å². The summed E-state index contributed by atoms with van der Waals surface area (Å²) in [5, 5.41) is 15.7. The van der Waals surface area contributed by atoms with Crippen LogP contribution in [0.3, 0.4) is 0 Å². The molecule has 2 amide bonds. The van der Waals surface area contributed by atoms with E-state index in [0.29, 0.717) is 29.6 Å². The molecule has 0 bridgehead atoms. The highest BCUT2D eigenvalue weighted by atomic mass is 32.1. The molecule has 0 unspecified atom stereocenters. The lowest BCUT2D eigenvalue weighted by molar-refractivity contribution is -0.115. The molecule has 0 aliphatic carbocycles. The maximum absolute atomic E-state index is 12.8. The number of nitrogens with zero attached hydrogens (tertiary/aromatic N) is 4. The van der Waals surface area contributed by atoms with Gasteiger partial charge in [-0.25, -0.2) is 0 Å². The zero-order valence-electron chi connectivity index (χ0n) is 23.5. The summed E-state index contributed by atoms with van der Waals surface area (Å²) in [5.74, 6) is 0.332. The van der Waals surface area contributed by atoms with E-state index in [0.717, 1.165) is 54.5 Å². The molecule has 3 aromatic carbocycles. The highest BCUT2D eigenvalue weighted by molar-refractivity contribution is 7.19. The molecule has 8 nitrogen and oxygen atoms in total. The van der Waals surface area contributed by atoms with E-state index < -0.39 is 0 Å². The van der Waals surface area contributed by atoms with Crippen LogP contribution >= 0.6 is 11.3 Å². The number of hydrogen-bond acceptors (Lipinski definition) is 7. The lowest BCUT2D eigenvalue weighted by Crippen LogP contribution is -2.46. The van der Waals surface area contributed by atoms with Crippen LogP contribution in [0.25, 0.3) is 0 Å².